The van der Waals surface area contributed by atoms with Crippen molar-refractivity contribution >= 4 is 28.8 Å². The normalized spacial score (nSPS) is 28.2. The number of halogens is 1. The van der Waals surface area contributed by atoms with Gasteiger partial charge >= 0.3 is 0 Å². The maximum absolute atomic E-state index is 12.5. The molecular weight excluding hydrogens is 366 g/mol. The zero-order valence-electron chi connectivity index (χ0n) is 14.3. The van der Waals surface area contributed by atoms with Gasteiger partial charge in [0.05, 0.1) is 11.6 Å². The molecular formula is C21H20ClNO2S. The molecule has 1 aromatic heterocycles. The van der Waals surface area contributed by atoms with E-state index in [1.54, 1.807) is 11.3 Å². The highest BCUT2D eigenvalue weighted by Crippen LogP contribution is 2.43. The summed E-state index contributed by atoms with van der Waals surface area (Å²) in [6, 6.07) is 6.22. The molecule has 0 spiro atoms. The monoisotopic (exact) mass is 385 g/mol. The van der Waals surface area contributed by atoms with E-state index in [1.165, 1.54) is 5.56 Å². The number of benzene rings is 1. The van der Waals surface area contributed by atoms with Crippen molar-refractivity contribution in [3.63, 3.8) is 0 Å². The smallest absolute Gasteiger partial charge is 0.223 e. The molecule has 1 saturated carbocycles. The molecule has 1 fully saturated rings. The topological polar surface area (TPSA) is 38.3 Å². The van der Waals surface area contributed by atoms with E-state index in [9.17, 15) is 4.79 Å². The lowest BCUT2D eigenvalue weighted by molar-refractivity contribution is -0.126. The van der Waals surface area contributed by atoms with Crippen molar-refractivity contribution in [2.45, 2.75) is 25.4 Å². The fourth-order valence-electron chi connectivity index (χ4n) is 4.52. The Hall–Kier alpha value is -1.78. The van der Waals surface area contributed by atoms with Gasteiger partial charge < -0.3 is 10.1 Å². The van der Waals surface area contributed by atoms with Gasteiger partial charge in [-0.05, 0) is 64.8 Å². The van der Waals surface area contributed by atoms with Crippen LogP contribution in [0, 0.1) is 17.8 Å². The number of allylic oxidation sites excluding steroid dienone is 2. The van der Waals surface area contributed by atoms with E-state index in [4.69, 9.17) is 16.3 Å². The summed E-state index contributed by atoms with van der Waals surface area (Å²) in [4.78, 5) is 12.5. The highest BCUT2D eigenvalue weighted by atomic mass is 35.5. The molecule has 1 unspecified atom stereocenters. The number of thiophene rings is 1. The number of hydrogen-bond acceptors (Lipinski definition) is 3. The summed E-state index contributed by atoms with van der Waals surface area (Å²) in [6.07, 6.45) is 7.35. The molecule has 1 aromatic carbocycles. The summed E-state index contributed by atoms with van der Waals surface area (Å²) in [6.45, 7) is 0.537. The van der Waals surface area contributed by atoms with Crippen LogP contribution in [0.1, 0.15) is 18.4 Å². The minimum Gasteiger partial charge on any atom is -0.486 e. The second kappa shape index (κ2) is 6.43. The quantitative estimate of drug-likeness (QED) is 0.774. The minimum atomic E-state index is -0.0432. The number of rotatable bonds is 4. The fraction of sp³-hybridized carbons (Fsp3) is 0.381. The molecule has 2 aliphatic carbocycles. The number of hydrogen-bond donors (Lipinski definition) is 1. The average molecular weight is 386 g/mol. The van der Waals surface area contributed by atoms with E-state index >= 15 is 0 Å². The molecule has 26 heavy (non-hydrogen) atoms. The molecule has 5 heteroatoms. The number of carbonyl (C=O) groups excluding carboxylic acids is 1. The molecule has 134 valence electrons. The molecule has 2 heterocycles. The summed E-state index contributed by atoms with van der Waals surface area (Å²) in [5.74, 6) is 2.13. The number of fused-ring (bicyclic) bond motifs is 3. The van der Waals surface area contributed by atoms with Crippen molar-refractivity contribution in [1.29, 1.82) is 0 Å². The molecule has 3 aliphatic rings. The van der Waals surface area contributed by atoms with Crippen LogP contribution < -0.4 is 10.1 Å². The van der Waals surface area contributed by atoms with E-state index < -0.39 is 0 Å². The third-order valence-electron chi connectivity index (χ3n) is 5.83. The van der Waals surface area contributed by atoms with E-state index in [0.29, 0.717) is 23.4 Å². The van der Waals surface area contributed by atoms with Crippen LogP contribution in [-0.4, -0.2) is 18.6 Å². The van der Waals surface area contributed by atoms with Crippen LogP contribution in [0.15, 0.2) is 41.1 Å². The summed E-state index contributed by atoms with van der Waals surface area (Å²) in [5.41, 5.74) is 3.43. The van der Waals surface area contributed by atoms with E-state index in [-0.39, 0.29) is 17.9 Å². The highest BCUT2D eigenvalue weighted by molar-refractivity contribution is 7.08. The van der Waals surface area contributed by atoms with Gasteiger partial charge in [-0.1, -0.05) is 23.8 Å². The molecule has 5 rings (SSSR count). The minimum absolute atomic E-state index is 0.0432. The molecule has 4 atom stereocenters. The first-order chi connectivity index (χ1) is 12.7. The van der Waals surface area contributed by atoms with Gasteiger partial charge in [-0.3, -0.25) is 4.79 Å². The van der Waals surface area contributed by atoms with Gasteiger partial charge in [-0.2, -0.15) is 11.3 Å². The zero-order chi connectivity index (χ0) is 17.7. The lowest BCUT2D eigenvalue weighted by Crippen LogP contribution is -2.39. The summed E-state index contributed by atoms with van der Waals surface area (Å²) in [5, 5.41) is 7.94. The van der Waals surface area contributed by atoms with Crippen LogP contribution in [0.25, 0.3) is 11.1 Å². The maximum Gasteiger partial charge on any atom is 0.223 e. The second-order valence-corrected chi connectivity index (χ2v) is 8.72. The second-order valence-electron chi connectivity index (χ2n) is 7.53. The number of ether oxygens (including phenoxy) is 1. The average Bonchev–Trinajstić information content (AvgIpc) is 3.43. The fourth-order valence-corrected chi connectivity index (χ4v) is 5.47. The SMILES string of the molecule is O=C(NCC1Cc2cc(-c3ccsc3)cc(Cl)c2O1)[C@@H]1C[C@H]2C=C[C@@H]1C2. The van der Waals surface area contributed by atoms with Crippen LogP contribution in [-0.2, 0) is 11.2 Å². The first-order valence-corrected chi connectivity index (χ1v) is 10.5. The molecule has 1 amide bonds. The van der Waals surface area contributed by atoms with Crippen LogP contribution in [0.2, 0.25) is 5.02 Å². The predicted molar refractivity (Wildman–Crippen MR) is 105 cm³/mol. The van der Waals surface area contributed by atoms with Crippen LogP contribution in [0.4, 0.5) is 0 Å². The Bertz CT molecular complexity index is 876. The Labute approximate surface area is 162 Å². The van der Waals surface area contributed by atoms with Gasteiger partial charge in [0, 0.05) is 17.9 Å². The molecule has 2 aromatic rings. The van der Waals surface area contributed by atoms with Gasteiger partial charge in [0.2, 0.25) is 5.91 Å². The molecule has 1 aliphatic heterocycles. The third kappa shape index (κ3) is 2.85. The number of amides is 1. The van der Waals surface area contributed by atoms with Crippen LogP contribution in [0.3, 0.4) is 0 Å². The maximum atomic E-state index is 12.5. The first-order valence-electron chi connectivity index (χ1n) is 9.15. The summed E-state index contributed by atoms with van der Waals surface area (Å²) < 4.78 is 6.03. The summed E-state index contributed by atoms with van der Waals surface area (Å²) >= 11 is 8.13. The van der Waals surface area contributed by atoms with E-state index in [2.05, 4.69) is 40.4 Å². The zero-order valence-corrected chi connectivity index (χ0v) is 15.9. The molecule has 0 saturated heterocycles. The Morgan fingerprint density at radius 1 is 1.27 bits per heavy atom. The Kier molecular flexibility index (Phi) is 4.06. The van der Waals surface area contributed by atoms with Gasteiger partial charge in [-0.15, -0.1) is 0 Å². The molecule has 0 radical (unpaired) electrons. The van der Waals surface area contributed by atoms with Gasteiger partial charge in [0.25, 0.3) is 0 Å². The van der Waals surface area contributed by atoms with Crippen LogP contribution in [0.5, 0.6) is 5.75 Å². The molecule has 3 nitrogen and oxygen atoms in total. The lowest BCUT2D eigenvalue weighted by atomic mass is 9.93. The van der Waals surface area contributed by atoms with Gasteiger partial charge in [0.15, 0.2) is 0 Å². The van der Waals surface area contributed by atoms with Crippen molar-refractivity contribution in [3.8, 4) is 16.9 Å². The first kappa shape index (κ1) is 16.4. The molecule has 2 bridgehead atoms. The van der Waals surface area contributed by atoms with Crippen molar-refractivity contribution in [2.24, 2.45) is 17.8 Å². The predicted octanol–water partition coefficient (Wildman–Crippen LogP) is 4.70. The van der Waals surface area contributed by atoms with Crippen LogP contribution >= 0.6 is 22.9 Å². The Balaban J connectivity index is 1.24. The largest absolute Gasteiger partial charge is 0.486 e. The lowest BCUT2D eigenvalue weighted by Gasteiger charge is -2.19. The van der Waals surface area contributed by atoms with Gasteiger partial charge in [-0.25, -0.2) is 0 Å². The summed E-state index contributed by atoms with van der Waals surface area (Å²) in [7, 11) is 0. The van der Waals surface area contributed by atoms with Crippen molar-refractivity contribution < 1.29 is 9.53 Å². The third-order valence-corrected chi connectivity index (χ3v) is 6.79. The van der Waals surface area contributed by atoms with Gasteiger partial charge in [0.1, 0.15) is 11.9 Å². The van der Waals surface area contributed by atoms with E-state index in [0.717, 1.165) is 36.1 Å². The number of nitrogens with one attached hydrogen (secondary N) is 1. The Morgan fingerprint density at radius 2 is 2.19 bits per heavy atom. The number of carbonyl (C=O) groups is 1. The van der Waals surface area contributed by atoms with Crippen molar-refractivity contribution in [1.82, 2.24) is 5.32 Å². The standard InChI is InChI=1S/C21H20ClNO2S/c22-19-9-15(14-3-4-26-11-14)7-16-8-17(25-20(16)19)10-23-21(24)18-6-12-1-2-13(18)5-12/h1-4,7,9,11-13,17-18H,5-6,8,10H2,(H,23,24)/t12-,13+,17?,18+/m0/s1. The Morgan fingerprint density at radius 3 is 2.92 bits per heavy atom. The molecule has 1 N–H and O–H groups in total. The van der Waals surface area contributed by atoms with Crippen molar-refractivity contribution in [2.75, 3.05) is 6.54 Å². The highest BCUT2D eigenvalue weighted by Gasteiger charge is 2.40. The van der Waals surface area contributed by atoms with E-state index in [1.807, 2.05) is 6.07 Å². The van der Waals surface area contributed by atoms with Crippen molar-refractivity contribution in [3.05, 3.63) is 51.7 Å².